The Hall–Kier alpha value is 0.656. The van der Waals surface area contributed by atoms with Crippen molar-refractivity contribution in [2.45, 2.75) is 90.6 Å². The minimum atomic E-state index is -0.888. The molecule has 0 saturated heterocycles. The molecule has 0 aliphatic rings. The molecule has 0 amide bonds. The fourth-order valence-corrected chi connectivity index (χ4v) is 2.86. The Morgan fingerprint density at radius 2 is 0.958 bits per heavy atom. The molecule has 0 saturated carbocycles. The third kappa shape index (κ3) is 34.1. The van der Waals surface area contributed by atoms with Crippen LogP contribution in [0.5, 0.6) is 0 Å². The first-order valence-electron chi connectivity index (χ1n) is 8.87. The number of aliphatic hydroxyl groups excluding tert-OH is 3. The second kappa shape index (κ2) is 23.7. The van der Waals surface area contributed by atoms with E-state index in [1.807, 2.05) is 20.8 Å². The fraction of sp³-hybridized carbons (Fsp3) is 0.737. The standard InChI is InChI=1S/C7H11Ge.3C4H10O.Zr/c1-8(2)7-5-3-4-6-7;3*1-3-4(2)5;/h3-6,8H,1-2H3;3*4-5H,3H2,1-2H3;/q-1;;;;. The first kappa shape index (κ1) is 32.3. The molecule has 3 atom stereocenters. The van der Waals surface area contributed by atoms with Crippen LogP contribution in [0.3, 0.4) is 0 Å². The maximum atomic E-state index is 8.36. The maximum Gasteiger partial charge on any atom is 0 e. The predicted octanol–water partition coefficient (Wildman–Crippen LogP) is 3.43. The molecule has 0 aliphatic heterocycles. The Balaban J connectivity index is -0.000000113. The molecule has 0 aromatic heterocycles. The van der Waals surface area contributed by atoms with Gasteiger partial charge in [-0.3, -0.25) is 0 Å². The van der Waals surface area contributed by atoms with Crippen LogP contribution in [0.4, 0.5) is 0 Å². The van der Waals surface area contributed by atoms with Crippen molar-refractivity contribution in [1.29, 1.82) is 0 Å². The third-order valence-corrected chi connectivity index (χ3v) is 6.73. The van der Waals surface area contributed by atoms with E-state index in [4.69, 9.17) is 15.3 Å². The van der Waals surface area contributed by atoms with Crippen molar-refractivity contribution in [2.24, 2.45) is 0 Å². The molecule has 0 fully saturated rings. The van der Waals surface area contributed by atoms with Gasteiger partial charge < -0.3 is 15.3 Å². The van der Waals surface area contributed by atoms with Crippen LogP contribution in [0.15, 0.2) is 24.3 Å². The molecule has 24 heavy (non-hydrogen) atoms. The Kier molecular flexibility index (Phi) is 31.9. The normalized spacial score (nSPS) is 12.8. The van der Waals surface area contributed by atoms with Gasteiger partial charge in [0.05, 0.1) is 18.3 Å². The minimum Gasteiger partial charge on any atom is 0 e. The van der Waals surface area contributed by atoms with Crippen molar-refractivity contribution >= 4 is 18.7 Å². The fourth-order valence-electron chi connectivity index (χ4n) is 0.774. The summed E-state index contributed by atoms with van der Waals surface area (Å²) in [5.74, 6) is 4.78. The summed E-state index contributed by atoms with van der Waals surface area (Å²) < 4.78 is 1.62. The van der Waals surface area contributed by atoms with Crippen LogP contribution in [0.1, 0.15) is 60.8 Å². The van der Waals surface area contributed by atoms with Crippen molar-refractivity contribution in [1.82, 2.24) is 0 Å². The summed E-state index contributed by atoms with van der Waals surface area (Å²) in [5.41, 5.74) is 0. The van der Waals surface area contributed by atoms with Gasteiger partial charge >= 0.3 is 54.5 Å². The Morgan fingerprint density at radius 3 is 1.04 bits per heavy atom. The van der Waals surface area contributed by atoms with Crippen LogP contribution in [-0.4, -0.2) is 48.0 Å². The smallest absolute Gasteiger partial charge is 0 e. The third-order valence-electron chi connectivity index (χ3n) is 3.13. The van der Waals surface area contributed by atoms with E-state index in [9.17, 15) is 0 Å². The molecule has 1 aromatic rings. The van der Waals surface area contributed by atoms with Crippen molar-refractivity contribution in [3.05, 3.63) is 24.3 Å². The number of hydrogen-bond acceptors (Lipinski definition) is 3. The first-order valence-corrected chi connectivity index (χ1v) is 14.9. The van der Waals surface area contributed by atoms with E-state index >= 15 is 0 Å². The second-order valence-electron chi connectivity index (χ2n) is 6.14. The Bertz CT molecular complexity index is 281. The van der Waals surface area contributed by atoms with Gasteiger partial charge in [0.2, 0.25) is 0 Å². The Morgan fingerprint density at radius 1 is 0.750 bits per heavy atom. The average molecular weight is 481 g/mol. The summed E-state index contributed by atoms with van der Waals surface area (Å²) in [6, 6.07) is 8.73. The molecule has 5 heteroatoms. The average Bonchev–Trinajstić information content (AvgIpc) is 3.03. The van der Waals surface area contributed by atoms with Gasteiger partial charge in [0, 0.05) is 26.2 Å². The van der Waals surface area contributed by atoms with Gasteiger partial charge in [-0.2, -0.15) is 0 Å². The zero-order valence-electron chi connectivity index (χ0n) is 17.1. The van der Waals surface area contributed by atoms with Gasteiger partial charge in [-0.15, -0.1) is 0 Å². The van der Waals surface area contributed by atoms with Gasteiger partial charge in [-0.05, 0) is 40.0 Å². The zero-order chi connectivity index (χ0) is 18.8. The van der Waals surface area contributed by atoms with Gasteiger partial charge in [-0.25, -0.2) is 0 Å². The summed E-state index contributed by atoms with van der Waals surface area (Å²) in [6.45, 7) is 11.2. The van der Waals surface area contributed by atoms with Crippen molar-refractivity contribution < 1.29 is 41.5 Å². The van der Waals surface area contributed by atoms with Gasteiger partial charge in [-0.1, -0.05) is 20.8 Å². The molecule has 0 bridgehead atoms. The van der Waals surface area contributed by atoms with E-state index in [-0.39, 0.29) is 44.5 Å². The predicted molar refractivity (Wildman–Crippen MR) is 106 cm³/mol. The molecule has 144 valence electrons. The summed E-state index contributed by atoms with van der Waals surface area (Å²) in [4.78, 5) is 0. The van der Waals surface area contributed by atoms with E-state index in [2.05, 4.69) is 35.8 Å². The van der Waals surface area contributed by atoms with E-state index < -0.39 is 14.3 Å². The molecule has 0 radical (unpaired) electrons. The zero-order valence-corrected chi connectivity index (χ0v) is 22.0. The first-order chi connectivity index (χ1) is 10.6. The quantitative estimate of drug-likeness (QED) is 0.457. The van der Waals surface area contributed by atoms with E-state index in [0.717, 1.165) is 19.3 Å². The van der Waals surface area contributed by atoms with E-state index in [1.54, 1.807) is 25.2 Å². The van der Waals surface area contributed by atoms with Gasteiger partial charge in [0.1, 0.15) is 0 Å². The summed E-state index contributed by atoms with van der Waals surface area (Å²) in [6.07, 6.45) is 2.24. The van der Waals surface area contributed by atoms with Crippen LogP contribution < -0.4 is 4.40 Å². The van der Waals surface area contributed by atoms with Crippen molar-refractivity contribution in [3.63, 3.8) is 0 Å². The van der Waals surface area contributed by atoms with E-state index in [1.165, 1.54) is 0 Å². The van der Waals surface area contributed by atoms with Crippen LogP contribution in [0.25, 0.3) is 0 Å². The van der Waals surface area contributed by atoms with Crippen LogP contribution in [0.2, 0.25) is 11.5 Å². The summed E-state index contributed by atoms with van der Waals surface area (Å²) >= 11 is -0.888. The second-order valence-corrected chi connectivity index (χ2v) is 12.4. The largest absolute Gasteiger partial charge is 0 e. The molecule has 3 unspecified atom stereocenters. The van der Waals surface area contributed by atoms with Gasteiger partial charge in [0.25, 0.3) is 0 Å². The molecule has 0 aliphatic carbocycles. The monoisotopic (exact) mass is 481 g/mol. The molecule has 0 heterocycles. The number of rotatable bonds is 4. The number of aliphatic hydroxyl groups is 3. The molecule has 1 aromatic carbocycles. The van der Waals surface area contributed by atoms with Crippen LogP contribution >= 0.6 is 0 Å². The molecule has 1 rings (SSSR count). The number of hydrogen-bond donors (Lipinski definition) is 3. The van der Waals surface area contributed by atoms with Crippen molar-refractivity contribution in [2.75, 3.05) is 0 Å². The van der Waals surface area contributed by atoms with Crippen molar-refractivity contribution in [3.8, 4) is 0 Å². The SMILES string of the molecule is CCC(C)O.CCC(C)O.CCC(C)O.[CH3][GeH]([CH3])[c-]1cccc1.[Zr]. The molecular weight excluding hydrogens is 440 g/mol. The molecular formula is C19H41GeO3Zr-. The van der Waals surface area contributed by atoms with Gasteiger partial charge in [0.15, 0.2) is 0 Å². The summed E-state index contributed by atoms with van der Waals surface area (Å²) in [7, 11) is 0. The molecule has 0 spiro atoms. The maximum absolute atomic E-state index is 8.36. The van der Waals surface area contributed by atoms with Crippen LogP contribution in [-0.2, 0) is 26.2 Å². The summed E-state index contributed by atoms with van der Waals surface area (Å²) in [5, 5.41) is 25.1. The molecule has 3 N–H and O–H groups in total. The van der Waals surface area contributed by atoms with Crippen LogP contribution in [0, 0.1) is 0 Å². The molecule has 3 nitrogen and oxygen atoms in total. The topological polar surface area (TPSA) is 60.7 Å². The Labute approximate surface area is 174 Å². The minimum absolute atomic E-state index is 0. The van der Waals surface area contributed by atoms with E-state index in [0.29, 0.717) is 0 Å².